The molecule has 0 N–H and O–H groups in total. The Morgan fingerprint density at radius 1 is 1.08 bits per heavy atom. The molecule has 1 aliphatic rings. The number of nitrogens with zero attached hydrogens (tertiary/aromatic N) is 2. The van der Waals surface area contributed by atoms with Crippen molar-refractivity contribution in [1.82, 2.24) is 9.80 Å². The molecule has 0 saturated carbocycles. The lowest BCUT2D eigenvalue weighted by Crippen LogP contribution is -2.50. The molecule has 0 aromatic heterocycles. The lowest BCUT2D eigenvalue weighted by Gasteiger charge is -2.34. The van der Waals surface area contributed by atoms with E-state index in [2.05, 4.69) is 0 Å². The Kier molecular flexibility index (Phi) is 6.46. The Bertz CT molecular complexity index is 580. The van der Waals surface area contributed by atoms with E-state index in [1.165, 1.54) is 0 Å². The minimum atomic E-state index is 0.0728. The molecular weight excluding hydrogens is 308 g/mol. The number of hydrogen-bond donors (Lipinski definition) is 0. The van der Waals surface area contributed by atoms with Crippen molar-refractivity contribution in [1.29, 1.82) is 0 Å². The minimum absolute atomic E-state index is 0.0728. The van der Waals surface area contributed by atoms with Crippen LogP contribution in [0.5, 0.6) is 11.5 Å². The van der Waals surface area contributed by atoms with Gasteiger partial charge in [0.15, 0.2) is 11.5 Å². The molecule has 0 radical (unpaired) electrons. The fourth-order valence-electron chi connectivity index (χ4n) is 2.82. The van der Waals surface area contributed by atoms with Crippen molar-refractivity contribution in [2.75, 3.05) is 39.9 Å². The summed E-state index contributed by atoms with van der Waals surface area (Å²) >= 11 is 0. The fourth-order valence-corrected chi connectivity index (χ4v) is 2.82. The lowest BCUT2D eigenvalue weighted by molar-refractivity contribution is -0.138. The topological polar surface area (TPSA) is 59.1 Å². The van der Waals surface area contributed by atoms with Crippen molar-refractivity contribution in [3.05, 3.63) is 23.8 Å². The van der Waals surface area contributed by atoms with E-state index >= 15 is 0 Å². The molecule has 0 bridgehead atoms. The highest BCUT2D eigenvalue weighted by molar-refractivity contribution is 5.77. The van der Waals surface area contributed by atoms with Crippen LogP contribution in [0.3, 0.4) is 0 Å². The Morgan fingerprint density at radius 3 is 2.33 bits per heavy atom. The standard InChI is InChI=1S/C18H26N2O4/c1-4-24-16-7-5-15(13-17(16)23-3)6-8-18(22)20-11-9-19(10-12-20)14(2)21/h5,7,13H,4,6,8-12H2,1-3H3. The molecule has 132 valence electrons. The van der Waals surface area contributed by atoms with E-state index < -0.39 is 0 Å². The summed E-state index contributed by atoms with van der Waals surface area (Å²) in [6, 6.07) is 5.77. The van der Waals surface area contributed by atoms with Crippen molar-refractivity contribution >= 4 is 11.8 Å². The van der Waals surface area contributed by atoms with Crippen LogP contribution in [0, 0.1) is 0 Å². The van der Waals surface area contributed by atoms with Crippen molar-refractivity contribution < 1.29 is 19.1 Å². The molecule has 0 aliphatic carbocycles. The van der Waals surface area contributed by atoms with Crippen LogP contribution in [0.2, 0.25) is 0 Å². The summed E-state index contributed by atoms with van der Waals surface area (Å²) in [7, 11) is 1.61. The number of aryl methyl sites for hydroxylation is 1. The van der Waals surface area contributed by atoms with Gasteiger partial charge in [0.25, 0.3) is 0 Å². The molecule has 1 aromatic carbocycles. The maximum atomic E-state index is 12.3. The third kappa shape index (κ3) is 4.63. The van der Waals surface area contributed by atoms with Crippen molar-refractivity contribution in [2.24, 2.45) is 0 Å². The predicted molar refractivity (Wildman–Crippen MR) is 91.3 cm³/mol. The first-order chi connectivity index (χ1) is 11.5. The highest BCUT2D eigenvalue weighted by Crippen LogP contribution is 2.28. The first-order valence-electron chi connectivity index (χ1n) is 8.38. The van der Waals surface area contributed by atoms with Gasteiger partial charge in [-0.3, -0.25) is 9.59 Å². The normalized spacial score (nSPS) is 14.5. The molecule has 1 fully saturated rings. The number of rotatable bonds is 6. The summed E-state index contributed by atoms with van der Waals surface area (Å²) in [5.41, 5.74) is 1.05. The van der Waals surface area contributed by atoms with Crippen LogP contribution in [0.4, 0.5) is 0 Å². The van der Waals surface area contributed by atoms with E-state index in [4.69, 9.17) is 9.47 Å². The number of ether oxygens (including phenoxy) is 2. The molecule has 6 nitrogen and oxygen atoms in total. The fraction of sp³-hybridized carbons (Fsp3) is 0.556. The molecule has 1 heterocycles. The van der Waals surface area contributed by atoms with Crippen LogP contribution in [0.1, 0.15) is 25.8 Å². The van der Waals surface area contributed by atoms with Gasteiger partial charge in [0.1, 0.15) is 0 Å². The third-order valence-corrected chi connectivity index (χ3v) is 4.23. The minimum Gasteiger partial charge on any atom is -0.493 e. The van der Waals surface area contributed by atoms with Crippen molar-refractivity contribution in [3.63, 3.8) is 0 Å². The van der Waals surface area contributed by atoms with Crippen LogP contribution in [-0.2, 0) is 16.0 Å². The molecule has 0 unspecified atom stereocenters. The zero-order valence-corrected chi connectivity index (χ0v) is 14.7. The smallest absolute Gasteiger partial charge is 0.223 e. The summed E-state index contributed by atoms with van der Waals surface area (Å²) in [4.78, 5) is 27.3. The predicted octanol–water partition coefficient (Wildman–Crippen LogP) is 1.72. The third-order valence-electron chi connectivity index (χ3n) is 4.23. The molecule has 24 heavy (non-hydrogen) atoms. The quantitative estimate of drug-likeness (QED) is 0.795. The molecular formula is C18H26N2O4. The van der Waals surface area contributed by atoms with E-state index in [0.29, 0.717) is 51.4 Å². The van der Waals surface area contributed by atoms with Gasteiger partial charge in [0.2, 0.25) is 11.8 Å². The van der Waals surface area contributed by atoms with Crippen LogP contribution in [0.25, 0.3) is 0 Å². The van der Waals surface area contributed by atoms with E-state index in [9.17, 15) is 9.59 Å². The SMILES string of the molecule is CCOc1ccc(CCC(=O)N2CCN(C(C)=O)CC2)cc1OC. The lowest BCUT2D eigenvalue weighted by atomic mass is 10.1. The van der Waals surface area contributed by atoms with E-state index in [0.717, 1.165) is 11.3 Å². The van der Waals surface area contributed by atoms with Crippen LogP contribution in [0.15, 0.2) is 18.2 Å². The van der Waals surface area contributed by atoms with Gasteiger partial charge in [-0.1, -0.05) is 6.07 Å². The molecule has 1 aliphatic heterocycles. The van der Waals surface area contributed by atoms with Gasteiger partial charge in [-0.05, 0) is 31.0 Å². The Labute approximate surface area is 143 Å². The average Bonchev–Trinajstić information content (AvgIpc) is 2.60. The number of methoxy groups -OCH3 is 1. The van der Waals surface area contributed by atoms with Gasteiger partial charge < -0.3 is 19.3 Å². The summed E-state index contributed by atoms with van der Waals surface area (Å²) < 4.78 is 10.8. The molecule has 0 atom stereocenters. The highest BCUT2D eigenvalue weighted by atomic mass is 16.5. The highest BCUT2D eigenvalue weighted by Gasteiger charge is 2.22. The Balaban J connectivity index is 1.87. The number of benzene rings is 1. The number of amides is 2. The van der Waals surface area contributed by atoms with E-state index in [1.54, 1.807) is 18.9 Å². The Morgan fingerprint density at radius 2 is 1.75 bits per heavy atom. The van der Waals surface area contributed by atoms with Gasteiger partial charge in [-0.15, -0.1) is 0 Å². The summed E-state index contributed by atoms with van der Waals surface area (Å²) in [6.45, 7) is 6.56. The summed E-state index contributed by atoms with van der Waals surface area (Å²) in [6.07, 6.45) is 1.12. The van der Waals surface area contributed by atoms with Gasteiger partial charge >= 0.3 is 0 Å². The Hall–Kier alpha value is -2.24. The monoisotopic (exact) mass is 334 g/mol. The van der Waals surface area contributed by atoms with Crippen molar-refractivity contribution in [3.8, 4) is 11.5 Å². The maximum Gasteiger partial charge on any atom is 0.223 e. The van der Waals surface area contributed by atoms with Crippen LogP contribution < -0.4 is 9.47 Å². The number of carbonyl (C=O) groups excluding carboxylic acids is 2. The van der Waals surface area contributed by atoms with Gasteiger partial charge in [-0.2, -0.15) is 0 Å². The molecule has 6 heteroatoms. The largest absolute Gasteiger partial charge is 0.493 e. The van der Waals surface area contributed by atoms with Gasteiger partial charge in [0, 0.05) is 39.5 Å². The van der Waals surface area contributed by atoms with Crippen LogP contribution >= 0.6 is 0 Å². The van der Waals surface area contributed by atoms with Crippen LogP contribution in [-0.4, -0.2) is 61.5 Å². The molecule has 1 aromatic rings. The number of carbonyl (C=O) groups is 2. The first-order valence-corrected chi connectivity index (χ1v) is 8.38. The zero-order valence-electron chi connectivity index (χ0n) is 14.7. The zero-order chi connectivity index (χ0) is 17.5. The second kappa shape index (κ2) is 8.57. The second-order valence-electron chi connectivity index (χ2n) is 5.81. The number of piperazine rings is 1. The van der Waals surface area contributed by atoms with Gasteiger partial charge in [0.05, 0.1) is 13.7 Å². The summed E-state index contributed by atoms with van der Waals surface area (Å²) in [5, 5.41) is 0. The first kappa shape index (κ1) is 18.1. The number of hydrogen-bond acceptors (Lipinski definition) is 4. The molecule has 1 saturated heterocycles. The second-order valence-corrected chi connectivity index (χ2v) is 5.81. The summed E-state index contributed by atoms with van der Waals surface area (Å²) in [5.74, 6) is 1.61. The van der Waals surface area contributed by atoms with Crippen molar-refractivity contribution in [2.45, 2.75) is 26.7 Å². The van der Waals surface area contributed by atoms with E-state index in [1.807, 2.05) is 30.0 Å². The van der Waals surface area contributed by atoms with Gasteiger partial charge in [-0.25, -0.2) is 0 Å². The molecule has 2 amide bonds. The molecule has 0 spiro atoms. The van der Waals surface area contributed by atoms with E-state index in [-0.39, 0.29) is 11.8 Å². The maximum absolute atomic E-state index is 12.3. The average molecular weight is 334 g/mol. The molecule has 2 rings (SSSR count).